The van der Waals surface area contributed by atoms with Gasteiger partial charge in [-0.1, -0.05) is 47.5 Å². The van der Waals surface area contributed by atoms with E-state index in [2.05, 4.69) is 41.9 Å². The van der Waals surface area contributed by atoms with Crippen molar-refractivity contribution >= 4 is 87.7 Å². The van der Waals surface area contributed by atoms with Gasteiger partial charge < -0.3 is 46.9 Å². The molecule has 0 aliphatic rings. The van der Waals surface area contributed by atoms with Gasteiger partial charge in [-0.05, 0) is 67.3 Å². The fourth-order valence-corrected chi connectivity index (χ4v) is 6.10. The van der Waals surface area contributed by atoms with Crippen molar-refractivity contribution < 1.29 is 71.5 Å². The van der Waals surface area contributed by atoms with Crippen molar-refractivity contribution in [2.45, 2.75) is 63.7 Å². The van der Waals surface area contributed by atoms with Crippen molar-refractivity contribution in [3.8, 4) is 0 Å². The summed E-state index contributed by atoms with van der Waals surface area (Å²) < 4.78 is 36.7. The van der Waals surface area contributed by atoms with Crippen LogP contribution in [-0.2, 0) is 38.3 Å². The minimum atomic E-state index is -5.08. The molecule has 0 fully saturated rings. The summed E-state index contributed by atoms with van der Waals surface area (Å²) >= 11 is 11.6. The van der Waals surface area contributed by atoms with E-state index in [1.807, 2.05) is 18.2 Å². The number of carboxylic acids is 2. The van der Waals surface area contributed by atoms with E-state index in [4.69, 9.17) is 42.9 Å². The first-order valence-corrected chi connectivity index (χ1v) is 22.2. The number of halogens is 5. The van der Waals surface area contributed by atoms with Crippen molar-refractivity contribution in [3.05, 3.63) is 127 Å². The van der Waals surface area contributed by atoms with Crippen LogP contribution in [0.3, 0.4) is 0 Å². The predicted octanol–water partition coefficient (Wildman–Crippen LogP) is 5.68. The van der Waals surface area contributed by atoms with Crippen LogP contribution in [0.5, 0.6) is 0 Å². The number of alkyl halides is 3. The Kier molecular flexibility index (Phi) is 26.6. The zero-order valence-corrected chi connectivity index (χ0v) is 40.0. The van der Waals surface area contributed by atoms with Gasteiger partial charge in [0.25, 0.3) is 11.4 Å². The van der Waals surface area contributed by atoms with E-state index in [0.717, 1.165) is 6.07 Å². The third-order valence-corrected chi connectivity index (χ3v) is 9.74. The van der Waals surface area contributed by atoms with Gasteiger partial charge in [0.1, 0.15) is 21.7 Å². The van der Waals surface area contributed by atoms with Crippen molar-refractivity contribution in [1.82, 2.24) is 31.2 Å². The molecule has 0 bridgehead atoms. The quantitative estimate of drug-likeness (QED) is 0.0171. The molecule has 2 heterocycles. The molecule has 2 aromatic carbocycles. The number of nitro groups is 2. The average molecular weight is 1070 g/mol. The van der Waals surface area contributed by atoms with Gasteiger partial charge in [-0.2, -0.15) is 13.2 Å². The Bertz CT molecular complexity index is 2520. The van der Waals surface area contributed by atoms with Crippen LogP contribution >= 0.6 is 23.2 Å². The Morgan fingerprint density at radius 1 is 0.671 bits per heavy atom. The number of nitrogens with zero attached hydrogens (tertiary/aromatic N) is 4. The largest absolute Gasteiger partial charge is 0.490 e. The average Bonchev–Trinajstić information content (AvgIpc) is 3.33. The number of pyridine rings is 2. The van der Waals surface area contributed by atoms with Crippen molar-refractivity contribution in [3.63, 3.8) is 0 Å². The van der Waals surface area contributed by atoms with Crippen molar-refractivity contribution in [2.75, 3.05) is 43.4 Å². The SMILES string of the molecule is CCOC(=O)CC(NC(=O)CNC(=O)CCCNc1ccccn1)c1ccc(Cl)c([N+](=O)[O-])c1.O=C(O)C(F)(F)F.O=C(O)CC(NC(=O)CNC(=O)CCCNc1ccccn1)c1ccc(Cl)c([N+](=O)[O-])c1. The van der Waals surface area contributed by atoms with Crippen molar-refractivity contribution in [1.29, 1.82) is 0 Å². The van der Waals surface area contributed by atoms with Crippen LogP contribution in [0, 0.1) is 20.2 Å². The normalized spacial score (nSPS) is 11.3. The van der Waals surface area contributed by atoms with E-state index in [0.29, 0.717) is 43.1 Å². The molecule has 73 heavy (non-hydrogen) atoms. The Hall–Kier alpha value is -8.20. The molecular weight excluding hydrogens is 1020 g/mol. The highest BCUT2D eigenvalue weighted by Gasteiger charge is 2.38. The van der Waals surface area contributed by atoms with E-state index in [1.54, 1.807) is 37.5 Å². The van der Waals surface area contributed by atoms with Crippen molar-refractivity contribution in [2.24, 2.45) is 0 Å². The summed E-state index contributed by atoms with van der Waals surface area (Å²) in [4.78, 5) is 110. The van der Waals surface area contributed by atoms with Gasteiger partial charge in [0, 0.05) is 50.5 Å². The molecular formula is C44H49Cl2F3N10O14. The molecule has 24 nitrogen and oxygen atoms in total. The van der Waals surface area contributed by atoms with Gasteiger partial charge in [0.2, 0.25) is 23.6 Å². The third-order valence-electron chi connectivity index (χ3n) is 9.10. The van der Waals surface area contributed by atoms with E-state index in [1.165, 1.54) is 30.3 Å². The Labute approximate surface area is 423 Å². The lowest BCUT2D eigenvalue weighted by atomic mass is 10.0. The monoisotopic (exact) mass is 1070 g/mol. The number of carbonyl (C=O) groups excluding carboxylic acids is 5. The number of aromatic nitrogens is 2. The maximum absolute atomic E-state index is 12.4. The number of carbonyl (C=O) groups is 7. The highest BCUT2D eigenvalue weighted by Crippen LogP contribution is 2.30. The summed E-state index contributed by atoms with van der Waals surface area (Å²) in [6.07, 6.45) is -1.11. The summed E-state index contributed by atoms with van der Waals surface area (Å²) in [5.74, 6) is -5.01. The number of rotatable bonds is 25. The van der Waals surface area contributed by atoms with Crippen LogP contribution in [0.2, 0.25) is 10.0 Å². The lowest BCUT2D eigenvalue weighted by Crippen LogP contribution is -2.39. The van der Waals surface area contributed by atoms with E-state index >= 15 is 0 Å². The van der Waals surface area contributed by atoms with Crippen LogP contribution in [0.25, 0.3) is 0 Å². The van der Waals surface area contributed by atoms with Crippen LogP contribution in [0.1, 0.15) is 68.7 Å². The zero-order valence-electron chi connectivity index (χ0n) is 38.5. The molecule has 0 spiro atoms. The van der Waals surface area contributed by atoms with Crippen LogP contribution in [-0.4, -0.2) is 111 Å². The number of amides is 4. The van der Waals surface area contributed by atoms with E-state index in [9.17, 15) is 62.2 Å². The molecule has 2 aromatic heterocycles. The number of aliphatic carboxylic acids is 2. The smallest absolute Gasteiger partial charge is 0.481 e. The highest BCUT2D eigenvalue weighted by molar-refractivity contribution is 6.33. The molecule has 2 unspecified atom stereocenters. The number of anilines is 2. The Balaban J connectivity index is 0.000000442. The van der Waals surface area contributed by atoms with Gasteiger partial charge in [0.05, 0.1) is 54.5 Å². The number of benzene rings is 2. The molecule has 4 aromatic rings. The third kappa shape index (κ3) is 25.0. The number of hydrogen-bond donors (Lipinski definition) is 8. The molecule has 0 saturated carbocycles. The van der Waals surface area contributed by atoms with Gasteiger partial charge in [0.15, 0.2) is 0 Å². The fraction of sp³-hybridized carbons (Fsp3) is 0.341. The first-order valence-electron chi connectivity index (χ1n) is 21.5. The first kappa shape index (κ1) is 60.9. The lowest BCUT2D eigenvalue weighted by Gasteiger charge is -2.19. The van der Waals surface area contributed by atoms with Gasteiger partial charge in [-0.15, -0.1) is 0 Å². The Morgan fingerprint density at radius 2 is 1.08 bits per heavy atom. The summed E-state index contributed by atoms with van der Waals surface area (Å²) in [6.45, 7) is 2.16. The molecule has 4 amide bonds. The minimum Gasteiger partial charge on any atom is -0.481 e. The second-order valence-electron chi connectivity index (χ2n) is 14.6. The predicted molar refractivity (Wildman–Crippen MR) is 255 cm³/mol. The lowest BCUT2D eigenvalue weighted by molar-refractivity contribution is -0.384. The van der Waals surface area contributed by atoms with Crippen LogP contribution in [0.15, 0.2) is 85.2 Å². The molecule has 0 radical (unpaired) electrons. The number of hydrogen-bond acceptors (Lipinski definition) is 16. The maximum Gasteiger partial charge on any atom is 0.490 e. The molecule has 8 N–H and O–H groups in total. The number of nitro benzene ring substituents is 2. The molecule has 4 rings (SSSR count). The van der Waals surface area contributed by atoms with E-state index in [-0.39, 0.29) is 72.1 Å². The fourth-order valence-electron chi connectivity index (χ4n) is 5.73. The standard InChI is InChI=1S/C22H26ClN5O6.C20H22ClN5O6.C2HF3O2/c1-2-34-22(31)13-17(15-8-9-16(23)18(12-15)28(32)33)27-21(30)14-26-20(29)7-5-11-25-19-6-3-4-10-24-19;21-14-7-6-13(10-16(14)26(31)32)15(11-20(29)30)25-19(28)12-24-18(27)5-3-9-23-17-4-1-2-8-22-17;3-2(4,5)1(6)7/h3-4,6,8-10,12,17H,2,5,7,11,13-14H2,1H3,(H,24,25)(H,26,29)(H,27,30);1-2,4,6-8,10,15H,3,5,9,11-12H2,(H,22,23)(H,24,27)(H,25,28)(H,29,30);(H,6,7). The van der Waals surface area contributed by atoms with Gasteiger partial charge in [-0.25, -0.2) is 14.8 Å². The first-order chi connectivity index (χ1) is 34.5. The molecule has 394 valence electrons. The number of carboxylic acid groups (broad SMARTS) is 2. The molecule has 2 atom stereocenters. The summed E-state index contributed by atoms with van der Waals surface area (Å²) in [7, 11) is 0. The van der Waals surface area contributed by atoms with Crippen LogP contribution in [0.4, 0.5) is 36.2 Å². The summed E-state index contributed by atoms with van der Waals surface area (Å²) in [5.41, 5.74) is -0.232. The Morgan fingerprint density at radius 3 is 1.42 bits per heavy atom. The second kappa shape index (κ2) is 31.9. The van der Waals surface area contributed by atoms with E-state index < -0.39 is 69.9 Å². The number of nitrogens with one attached hydrogen (secondary N) is 6. The minimum absolute atomic E-state index is 0.0697. The number of esters is 1. The number of ether oxygens (including phenoxy) is 1. The zero-order chi connectivity index (χ0) is 54.5. The van der Waals surface area contributed by atoms with Gasteiger partial charge >= 0.3 is 24.1 Å². The maximum atomic E-state index is 12.4. The van der Waals surface area contributed by atoms with Gasteiger partial charge in [-0.3, -0.25) is 49.0 Å². The molecule has 29 heteroatoms. The summed E-state index contributed by atoms with van der Waals surface area (Å²) in [6, 6.07) is 16.7. The highest BCUT2D eigenvalue weighted by atomic mass is 35.5. The second-order valence-corrected chi connectivity index (χ2v) is 15.4. The van der Waals surface area contributed by atoms with Crippen LogP contribution < -0.4 is 31.9 Å². The topological polar surface area (TPSA) is 353 Å². The molecule has 0 saturated heterocycles. The molecule has 0 aliphatic carbocycles. The molecule has 0 aliphatic heterocycles. The summed E-state index contributed by atoms with van der Waals surface area (Å²) in [5, 5.41) is 54.5.